The summed E-state index contributed by atoms with van der Waals surface area (Å²) in [7, 11) is 6.32. The van der Waals surface area contributed by atoms with Crippen molar-refractivity contribution in [2.45, 2.75) is 25.5 Å². The minimum Gasteiger partial charge on any atom is -0.485 e. The number of ether oxygens (including phenoxy) is 2. The summed E-state index contributed by atoms with van der Waals surface area (Å²) in [6.07, 6.45) is 4.54. The van der Waals surface area contributed by atoms with E-state index in [1.165, 1.54) is 0 Å². The molecule has 2 aliphatic heterocycles. The van der Waals surface area contributed by atoms with E-state index in [1.807, 2.05) is 61.3 Å². The zero-order chi connectivity index (χ0) is 26.7. The number of hydrogen-bond donors (Lipinski definition) is 1. The van der Waals surface area contributed by atoms with E-state index in [-0.39, 0.29) is 6.10 Å². The standard InChI is InChI=1S/C30H31N7O2/c1-18-13-19(5-10-26(18)38-20-6-8-23-22(14-20)33-17-36(23)3)34-30-28-21(31-16-32-30)7-9-24-29(28)39-27-11-12-35(2)15-25(27)37(24)4/h5-10,13-14,16-17,25,27H,11-12,15H2,1-4H3,(H,31,32,34)/t25-,27+/m0/s1. The summed E-state index contributed by atoms with van der Waals surface area (Å²) in [5.41, 5.74) is 5.82. The molecule has 3 aromatic carbocycles. The van der Waals surface area contributed by atoms with Gasteiger partial charge in [0.05, 0.1) is 40.0 Å². The monoisotopic (exact) mass is 521 g/mol. The van der Waals surface area contributed by atoms with Crippen LogP contribution in [0.25, 0.3) is 21.9 Å². The largest absolute Gasteiger partial charge is 0.485 e. The van der Waals surface area contributed by atoms with Gasteiger partial charge in [-0.25, -0.2) is 15.0 Å². The van der Waals surface area contributed by atoms with Gasteiger partial charge in [0.1, 0.15) is 29.7 Å². The molecule has 1 fully saturated rings. The van der Waals surface area contributed by atoms with E-state index >= 15 is 0 Å². The second-order valence-corrected chi connectivity index (χ2v) is 10.6. The molecule has 39 heavy (non-hydrogen) atoms. The maximum absolute atomic E-state index is 6.67. The molecule has 0 bridgehead atoms. The number of nitrogens with one attached hydrogen (secondary N) is 1. The van der Waals surface area contributed by atoms with E-state index in [2.05, 4.69) is 56.3 Å². The number of hydrogen-bond acceptors (Lipinski definition) is 8. The lowest BCUT2D eigenvalue weighted by Gasteiger charge is -2.46. The number of piperidine rings is 1. The van der Waals surface area contributed by atoms with Crippen LogP contribution in [0, 0.1) is 6.92 Å². The van der Waals surface area contributed by atoms with Crippen molar-refractivity contribution in [2.75, 3.05) is 37.4 Å². The highest BCUT2D eigenvalue weighted by atomic mass is 16.5. The molecule has 1 N–H and O–H groups in total. The van der Waals surface area contributed by atoms with E-state index in [1.54, 1.807) is 6.33 Å². The average Bonchev–Trinajstić information content (AvgIpc) is 3.30. The minimum atomic E-state index is 0.140. The predicted molar refractivity (Wildman–Crippen MR) is 154 cm³/mol. The third-order valence-electron chi connectivity index (χ3n) is 7.97. The number of fused-ring (bicyclic) bond motifs is 5. The lowest BCUT2D eigenvalue weighted by molar-refractivity contribution is 0.0815. The summed E-state index contributed by atoms with van der Waals surface area (Å²) < 4.78 is 14.9. The van der Waals surface area contributed by atoms with Gasteiger partial charge in [-0.2, -0.15) is 0 Å². The number of rotatable bonds is 4. The van der Waals surface area contributed by atoms with Crippen LogP contribution in [0.2, 0.25) is 0 Å². The summed E-state index contributed by atoms with van der Waals surface area (Å²) >= 11 is 0. The van der Waals surface area contributed by atoms with E-state index < -0.39 is 0 Å². The number of imidazole rings is 1. The molecule has 0 spiro atoms. The van der Waals surface area contributed by atoms with Gasteiger partial charge in [-0.1, -0.05) is 0 Å². The first-order chi connectivity index (χ1) is 18.9. The van der Waals surface area contributed by atoms with Crippen LogP contribution < -0.4 is 19.7 Å². The van der Waals surface area contributed by atoms with Gasteiger partial charge in [-0.15, -0.1) is 0 Å². The van der Waals surface area contributed by atoms with Crippen molar-refractivity contribution in [3.63, 3.8) is 0 Å². The molecule has 0 aliphatic carbocycles. The van der Waals surface area contributed by atoms with Crippen LogP contribution >= 0.6 is 0 Å². The topological polar surface area (TPSA) is 80.6 Å². The molecule has 7 rings (SSSR count). The van der Waals surface area contributed by atoms with Crippen LogP contribution in [-0.4, -0.2) is 63.7 Å². The Morgan fingerprint density at radius 3 is 2.74 bits per heavy atom. The maximum atomic E-state index is 6.67. The summed E-state index contributed by atoms with van der Waals surface area (Å²) in [5.74, 6) is 3.13. The van der Waals surface area contributed by atoms with Gasteiger partial charge in [0.25, 0.3) is 0 Å². The van der Waals surface area contributed by atoms with Gasteiger partial charge in [0, 0.05) is 38.9 Å². The highest BCUT2D eigenvalue weighted by molar-refractivity contribution is 6.00. The third kappa shape index (κ3) is 4.10. The molecule has 0 amide bonds. The van der Waals surface area contributed by atoms with Crippen LogP contribution in [0.15, 0.2) is 61.2 Å². The lowest BCUT2D eigenvalue weighted by Crippen LogP contribution is -2.57. The molecular formula is C30H31N7O2. The van der Waals surface area contributed by atoms with Gasteiger partial charge in [-0.3, -0.25) is 0 Å². The number of anilines is 3. The number of likely N-dealkylation sites (N-methyl/N-ethyl adjacent to an activating group) is 2. The molecule has 0 radical (unpaired) electrons. The average molecular weight is 522 g/mol. The van der Waals surface area contributed by atoms with Gasteiger partial charge >= 0.3 is 0 Å². The number of nitrogens with zero attached hydrogens (tertiary/aromatic N) is 6. The highest BCUT2D eigenvalue weighted by Gasteiger charge is 2.38. The second-order valence-electron chi connectivity index (χ2n) is 10.6. The molecule has 2 atom stereocenters. The lowest BCUT2D eigenvalue weighted by atomic mass is 9.97. The van der Waals surface area contributed by atoms with Crippen LogP contribution in [0.1, 0.15) is 12.0 Å². The van der Waals surface area contributed by atoms with Gasteiger partial charge in [-0.05, 0) is 68.4 Å². The van der Waals surface area contributed by atoms with Crippen LogP contribution in [0.5, 0.6) is 17.2 Å². The molecule has 9 heteroatoms. The van der Waals surface area contributed by atoms with E-state index in [0.717, 1.165) is 81.5 Å². The van der Waals surface area contributed by atoms with Crippen LogP contribution in [0.4, 0.5) is 17.2 Å². The Kier molecular flexibility index (Phi) is 5.55. The fourth-order valence-electron chi connectivity index (χ4n) is 5.80. The van der Waals surface area contributed by atoms with Crippen molar-refractivity contribution in [1.29, 1.82) is 0 Å². The Labute approximate surface area is 227 Å². The summed E-state index contributed by atoms with van der Waals surface area (Å²) in [5, 5.41) is 4.43. The number of likely N-dealkylation sites (tertiary alicyclic amines) is 1. The van der Waals surface area contributed by atoms with E-state index in [4.69, 9.17) is 9.47 Å². The fourth-order valence-corrected chi connectivity index (χ4v) is 5.80. The van der Waals surface area contributed by atoms with Crippen LogP contribution in [0.3, 0.4) is 0 Å². The Hall–Kier alpha value is -4.37. The zero-order valence-corrected chi connectivity index (χ0v) is 22.5. The Morgan fingerprint density at radius 1 is 0.974 bits per heavy atom. The Balaban J connectivity index is 1.19. The first kappa shape index (κ1) is 23.7. The maximum Gasteiger partial charge on any atom is 0.156 e. The first-order valence-electron chi connectivity index (χ1n) is 13.3. The molecule has 2 aromatic heterocycles. The van der Waals surface area contributed by atoms with Crippen molar-refractivity contribution in [2.24, 2.45) is 7.05 Å². The van der Waals surface area contributed by atoms with Crippen LogP contribution in [-0.2, 0) is 7.05 Å². The van der Waals surface area contributed by atoms with Gasteiger partial charge in [0.2, 0.25) is 0 Å². The number of aryl methyl sites for hydroxylation is 2. The molecule has 0 saturated carbocycles. The highest BCUT2D eigenvalue weighted by Crippen LogP contribution is 2.45. The third-order valence-corrected chi connectivity index (χ3v) is 7.97. The molecule has 2 aliphatic rings. The first-order valence-corrected chi connectivity index (χ1v) is 13.3. The number of aromatic nitrogens is 4. The second kappa shape index (κ2) is 9.13. The van der Waals surface area contributed by atoms with Gasteiger partial charge < -0.3 is 29.2 Å². The molecule has 4 heterocycles. The normalized spacial score (nSPS) is 19.0. The summed E-state index contributed by atoms with van der Waals surface area (Å²) in [6, 6.07) is 16.5. The fraction of sp³-hybridized carbons (Fsp3) is 0.300. The zero-order valence-electron chi connectivity index (χ0n) is 22.5. The molecule has 1 saturated heterocycles. The van der Waals surface area contributed by atoms with Crippen molar-refractivity contribution < 1.29 is 9.47 Å². The van der Waals surface area contributed by atoms with Crippen molar-refractivity contribution in [3.05, 3.63) is 66.7 Å². The molecule has 198 valence electrons. The van der Waals surface area contributed by atoms with Crippen molar-refractivity contribution >= 4 is 39.1 Å². The Morgan fingerprint density at radius 2 is 1.87 bits per heavy atom. The molecular weight excluding hydrogens is 490 g/mol. The van der Waals surface area contributed by atoms with E-state index in [9.17, 15) is 0 Å². The predicted octanol–water partition coefficient (Wildman–Crippen LogP) is 5.26. The Bertz CT molecular complexity index is 1720. The van der Waals surface area contributed by atoms with Gasteiger partial charge in [0.15, 0.2) is 5.75 Å². The summed E-state index contributed by atoms with van der Waals surface area (Å²) in [4.78, 5) is 18.3. The quantitative estimate of drug-likeness (QED) is 0.343. The van der Waals surface area contributed by atoms with Crippen molar-refractivity contribution in [1.82, 2.24) is 24.4 Å². The smallest absolute Gasteiger partial charge is 0.156 e. The molecule has 5 aromatic rings. The SMILES string of the molecule is Cc1cc(Nc2ncnc3ccc4c(c23)O[C@@H]2CCN(C)C[C@@H]2N4C)ccc1Oc1ccc2c(c1)ncn2C. The van der Waals surface area contributed by atoms with Crippen molar-refractivity contribution in [3.8, 4) is 17.2 Å². The molecule has 0 unspecified atom stereocenters. The van der Waals surface area contributed by atoms with E-state index in [0.29, 0.717) is 6.04 Å². The molecule has 9 nitrogen and oxygen atoms in total. The minimum absolute atomic E-state index is 0.140. The number of benzene rings is 3. The summed E-state index contributed by atoms with van der Waals surface area (Å²) in [6.45, 7) is 4.05.